The molecule has 6 nitrogen and oxygen atoms in total. The maximum atomic E-state index is 11.5. The Bertz CT molecular complexity index is 448. The molecule has 88 valence electrons. The SMILES string of the molecule is O=B/C=N/c1ccc(O)c(C(=O)NCCO)c1. The normalized spacial score (nSPS) is 10.2. The molecule has 0 fully saturated rings. The van der Waals surface area contributed by atoms with Gasteiger partial charge in [-0.1, -0.05) is 0 Å². The summed E-state index contributed by atoms with van der Waals surface area (Å²) >= 11 is 0. The number of aliphatic hydroxyl groups excluding tert-OH is 1. The molecular formula is C10H11BN2O4. The Morgan fingerprint density at radius 3 is 2.94 bits per heavy atom. The number of rotatable bonds is 5. The molecule has 0 spiro atoms. The molecule has 0 aromatic heterocycles. The number of phenols is 1. The number of aliphatic hydroxyl groups is 1. The van der Waals surface area contributed by atoms with E-state index in [1.807, 2.05) is 0 Å². The van der Waals surface area contributed by atoms with Crippen LogP contribution in [0, 0.1) is 0 Å². The number of aliphatic imine (C=N–C) groups is 1. The second-order valence-corrected chi connectivity index (χ2v) is 3.10. The van der Waals surface area contributed by atoms with Crippen molar-refractivity contribution in [1.82, 2.24) is 5.32 Å². The molecule has 0 unspecified atom stereocenters. The molecule has 17 heavy (non-hydrogen) atoms. The third-order valence-electron chi connectivity index (χ3n) is 1.91. The topological polar surface area (TPSA) is 99.0 Å². The van der Waals surface area contributed by atoms with E-state index in [1.165, 1.54) is 18.2 Å². The molecule has 3 N–H and O–H groups in total. The van der Waals surface area contributed by atoms with Crippen LogP contribution in [0.1, 0.15) is 10.4 Å². The van der Waals surface area contributed by atoms with E-state index in [2.05, 4.69) is 10.3 Å². The van der Waals surface area contributed by atoms with Gasteiger partial charge in [0.05, 0.1) is 0 Å². The summed E-state index contributed by atoms with van der Waals surface area (Å²) < 4.78 is 10.1. The molecule has 0 saturated carbocycles. The van der Waals surface area contributed by atoms with E-state index < -0.39 is 5.91 Å². The molecule has 1 rings (SSSR count). The van der Waals surface area contributed by atoms with Gasteiger partial charge in [0.25, 0.3) is 0 Å². The zero-order chi connectivity index (χ0) is 12.7. The van der Waals surface area contributed by atoms with E-state index in [9.17, 15) is 14.6 Å². The van der Waals surface area contributed by atoms with Crippen molar-refractivity contribution >= 4 is 24.9 Å². The van der Waals surface area contributed by atoms with Crippen LogP contribution in [-0.4, -0.2) is 42.5 Å². The number of amides is 1. The maximum absolute atomic E-state index is 11.5. The van der Waals surface area contributed by atoms with Crippen LogP contribution in [0.5, 0.6) is 5.75 Å². The van der Waals surface area contributed by atoms with Gasteiger partial charge in [0.15, 0.2) is 0 Å². The van der Waals surface area contributed by atoms with E-state index in [0.29, 0.717) is 12.8 Å². The summed E-state index contributed by atoms with van der Waals surface area (Å²) in [6.45, 7) is -0.0877. The first-order valence-corrected chi connectivity index (χ1v) is 4.89. The molecule has 1 aromatic rings. The number of phenolic OH excluding ortho intramolecular Hbond substituents is 1. The summed E-state index contributed by atoms with van der Waals surface area (Å²) in [6, 6.07) is 4.13. The summed E-state index contributed by atoms with van der Waals surface area (Å²) in [4.78, 5) is 15.3. The Kier molecular flexibility index (Phi) is 5.02. The molecular weight excluding hydrogens is 223 g/mol. The standard InChI is InChI=1S/C10H11BN2O4/c14-4-3-12-10(16)8-5-7(13-6-11-17)1-2-9(8)15/h1-2,5-6,14-15H,3-4H2,(H,12,16)/b13-6+. The molecule has 1 aromatic carbocycles. The summed E-state index contributed by atoms with van der Waals surface area (Å²) in [6.07, 6.45) is 1.04. The summed E-state index contributed by atoms with van der Waals surface area (Å²) in [5.74, 6) is -0.704. The van der Waals surface area contributed by atoms with Crippen molar-refractivity contribution in [2.45, 2.75) is 0 Å². The molecule has 0 saturated heterocycles. The summed E-state index contributed by atoms with van der Waals surface area (Å²) in [5.41, 5.74) is 0.419. The van der Waals surface area contributed by atoms with Crippen molar-refractivity contribution in [3.63, 3.8) is 0 Å². The van der Waals surface area contributed by atoms with Crippen molar-refractivity contribution in [2.24, 2.45) is 4.99 Å². The van der Waals surface area contributed by atoms with E-state index in [1.54, 1.807) is 0 Å². The Morgan fingerprint density at radius 1 is 1.53 bits per heavy atom. The van der Waals surface area contributed by atoms with Crippen LogP contribution in [0.2, 0.25) is 0 Å². The van der Waals surface area contributed by atoms with Crippen LogP contribution in [-0.2, 0) is 4.70 Å². The molecule has 0 radical (unpaired) electrons. The quantitative estimate of drug-likeness (QED) is 0.486. The predicted octanol–water partition coefficient (Wildman–Crippen LogP) is -0.176. The average Bonchev–Trinajstić information content (AvgIpc) is 2.35. The molecule has 7 heteroatoms. The van der Waals surface area contributed by atoms with E-state index in [0.717, 1.165) is 6.11 Å². The van der Waals surface area contributed by atoms with E-state index >= 15 is 0 Å². The molecule has 0 atom stereocenters. The van der Waals surface area contributed by atoms with Crippen LogP contribution in [0.3, 0.4) is 0 Å². The molecule has 0 heterocycles. The second kappa shape index (κ2) is 6.54. The van der Waals surface area contributed by atoms with Gasteiger partial charge in [-0.25, -0.2) is 0 Å². The Hall–Kier alpha value is -2.02. The molecule has 0 aliphatic carbocycles. The molecule has 0 bridgehead atoms. The van der Waals surface area contributed by atoms with Gasteiger partial charge in [0.2, 0.25) is 0 Å². The minimum atomic E-state index is -0.514. The van der Waals surface area contributed by atoms with Crippen LogP contribution in [0.25, 0.3) is 0 Å². The number of aromatic hydroxyl groups is 1. The number of nitrogens with one attached hydrogen (secondary N) is 1. The predicted molar refractivity (Wildman–Crippen MR) is 62.1 cm³/mol. The fourth-order valence-electron chi connectivity index (χ4n) is 1.17. The number of hydrogen-bond donors (Lipinski definition) is 3. The van der Waals surface area contributed by atoms with Crippen molar-refractivity contribution in [2.75, 3.05) is 13.2 Å². The van der Waals surface area contributed by atoms with Crippen molar-refractivity contribution < 1.29 is 19.7 Å². The molecule has 0 aliphatic heterocycles. The first-order valence-electron chi connectivity index (χ1n) is 4.89. The van der Waals surface area contributed by atoms with Gasteiger partial charge in [-0.2, -0.15) is 0 Å². The van der Waals surface area contributed by atoms with Crippen molar-refractivity contribution in [3.8, 4) is 5.75 Å². The van der Waals surface area contributed by atoms with Gasteiger partial charge in [-0.15, -0.1) is 0 Å². The van der Waals surface area contributed by atoms with Gasteiger partial charge in [0.1, 0.15) is 0 Å². The zero-order valence-corrected chi connectivity index (χ0v) is 8.96. The van der Waals surface area contributed by atoms with E-state index in [4.69, 9.17) is 5.11 Å². The first-order chi connectivity index (χ1) is 8.19. The van der Waals surface area contributed by atoms with Crippen molar-refractivity contribution in [1.29, 1.82) is 0 Å². The number of carbonyl (C=O) groups is 1. The second-order valence-electron chi connectivity index (χ2n) is 3.10. The van der Waals surface area contributed by atoms with Gasteiger partial charge >= 0.3 is 97.5 Å². The Labute approximate surface area is 98.3 Å². The number of carbonyl (C=O) groups excluding carboxylic acids is 1. The van der Waals surface area contributed by atoms with Gasteiger partial charge in [-0.3, -0.25) is 0 Å². The van der Waals surface area contributed by atoms with Gasteiger partial charge in [-0.05, 0) is 0 Å². The average molecular weight is 234 g/mol. The Balaban J connectivity index is 2.93. The summed E-state index contributed by atoms with van der Waals surface area (Å²) in [5, 5.41) is 20.5. The summed E-state index contributed by atoms with van der Waals surface area (Å²) in [7, 11) is 0.512. The van der Waals surface area contributed by atoms with Crippen LogP contribution in [0.4, 0.5) is 5.69 Å². The van der Waals surface area contributed by atoms with Gasteiger partial charge < -0.3 is 0 Å². The first kappa shape index (κ1) is 13.1. The Morgan fingerprint density at radius 2 is 2.29 bits per heavy atom. The van der Waals surface area contributed by atoms with Crippen LogP contribution < -0.4 is 5.32 Å². The fraction of sp³-hybridized carbons (Fsp3) is 0.200. The number of nitrogens with zero attached hydrogens (tertiary/aromatic N) is 1. The minimum absolute atomic E-state index is 0.0407. The molecule has 0 aliphatic rings. The fourth-order valence-corrected chi connectivity index (χ4v) is 1.17. The third kappa shape index (κ3) is 3.80. The number of hydrogen-bond acceptors (Lipinski definition) is 5. The zero-order valence-electron chi connectivity index (χ0n) is 8.96. The number of benzene rings is 1. The van der Waals surface area contributed by atoms with Crippen LogP contribution in [0.15, 0.2) is 23.2 Å². The third-order valence-corrected chi connectivity index (χ3v) is 1.91. The molecule has 1 amide bonds. The van der Waals surface area contributed by atoms with Crippen LogP contribution >= 0.6 is 0 Å². The van der Waals surface area contributed by atoms with E-state index in [-0.39, 0.29) is 24.5 Å². The monoisotopic (exact) mass is 234 g/mol. The van der Waals surface area contributed by atoms with Crippen molar-refractivity contribution in [3.05, 3.63) is 23.8 Å². The van der Waals surface area contributed by atoms with Gasteiger partial charge in [0, 0.05) is 0 Å².